The van der Waals surface area contributed by atoms with Gasteiger partial charge in [0.25, 0.3) is 5.91 Å². The maximum Gasteiger partial charge on any atom is 0.251 e. The molecule has 0 aliphatic rings. The number of carbonyl (C=O) groups excluding carboxylic acids is 1. The van der Waals surface area contributed by atoms with Gasteiger partial charge in [-0.1, -0.05) is 26.0 Å². The number of methoxy groups -OCH3 is 1. The molecule has 7 nitrogen and oxygen atoms in total. The van der Waals surface area contributed by atoms with Crippen molar-refractivity contribution in [2.75, 3.05) is 20.2 Å². The lowest BCUT2D eigenvalue weighted by molar-refractivity contribution is 0.0935. The Kier molecular flexibility index (Phi) is 6.48. The standard InChI is InChI=1S/C22H26N2O5S/c1-5-24(6-2)30(26,27)18-12-10-16(11-13-18)22(25)23-15(3)20-14-17-8-7-9-19(28-4)21(17)29-20/h7-15H,5-6H2,1-4H3,(H,23,25). The first-order chi connectivity index (χ1) is 14.3. The van der Waals surface area contributed by atoms with Crippen molar-refractivity contribution in [3.8, 4) is 5.75 Å². The summed E-state index contributed by atoms with van der Waals surface area (Å²) in [5.74, 6) is 0.910. The van der Waals surface area contributed by atoms with E-state index in [2.05, 4.69) is 5.32 Å². The number of nitrogens with zero attached hydrogens (tertiary/aromatic N) is 1. The summed E-state index contributed by atoms with van der Waals surface area (Å²) >= 11 is 0. The fourth-order valence-corrected chi connectivity index (χ4v) is 4.73. The van der Waals surface area contributed by atoms with Crippen molar-refractivity contribution in [3.05, 3.63) is 59.9 Å². The highest BCUT2D eigenvalue weighted by Crippen LogP contribution is 2.31. The van der Waals surface area contributed by atoms with Gasteiger partial charge in [0.15, 0.2) is 11.3 Å². The van der Waals surface area contributed by atoms with Crippen LogP contribution in [0.2, 0.25) is 0 Å². The van der Waals surface area contributed by atoms with Gasteiger partial charge < -0.3 is 14.5 Å². The van der Waals surface area contributed by atoms with Gasteiger partial charge in [0.1, 0.15) is 5.76 Å². The predicted molar refractivity (Wildman–Crippen MR) is 115 cm³/mol. The van der Waals surface area contributed by atoms with Crippen molar-refractivity contribution in [3.63, 3.8) is 0 Å². The van der Waals surface area contributed by atoms with Crippen LogP contribution < -0.4 is 10.1 Å². The van der Waals surface area contributed by atoms with Gasteiger partial charge in [-0.05, 0) is 43.3 Å². The molecule has 160 valence electrons. The zero-order valence-corrected chi connectivity index (χ0v) is 18.3. The number of benzene rings is 2. The van der Waals surface area contributed by atoms with Gasteiger partial charge in [-0.15, -0.1) is 0 Å². The van der Waals surface area contributed by atoms with Gasteiger partial charge in [0.05, 0.1) is 18.0 Å². The maximum atomic E-state index is 12.6. The van der Waals surface area contributed by atoms with E-state index in [9.17, 15) is 13.2 Å². The molecule has 0 fully saturated rings. The summed E-state index contributed by atoms with van der Waals surface area (Å²) in [7, 11) is -1.98. The third-order valence-corrected chi connectivity index (χ3v) is 7.05. The molecule has 0 aliphatic carbocycles. The van der Waals surface area contributed by atoms with Gasteiger partial charge in [-0.2, -0.15) is 4.31 Å². The molecule has 0 saturated carbocycles. The van der Waals surface area contributed by atoms with Crippen LogP contribution in [0.5, 0.6) is 5.75 Å². The van der Waals surface area contributed by atoms with Crippen molar-refractivity contribution >= 4 is 26.9 Å². The van der Waals surface area contributed by atoms with E-state index in [0.29, 0.717) is 35.7 Å². The van der Waals surface area contributed by atoms with E-state index in [1.54, 1.807) is 21.0 Å². The molecular formula is C22H26N2O5S. The largest absolute Gasteiger partial charge is 0.493 e. The topological polar surface area (TPSA) is 88.9 Å². The van der Waals surface area contributed by atoms with E-state index in [4.69, 9.17) is 9.15 Å². The molecule has 0 saturated heterocycles. The third kappa shape index (κ3) is 4.20. The summed E-state index contributed by atoms with van der Waals surface area (Å²) in [5.41, 5.74) is 0.996. The highest BCUT2D eigenvalue weighted by molar-refractivity contribution is 7.89. The predicted octanol–water partition coefficient (Wildman–Crippen LogP) is 3.96. The Morgan fingerprint density at radius 1 is 1.13 bits per heavy atom. The number of rotatable bonds is 8. The van der Waals surface area contributed by atoms with E-state index in [0.717, 1.165) is 5.39 Å². The fraction of sp³-hybridized carbons (Fsp3) is 0.318. The lowest BCUT2D eigenvalue weighted by Gasteiger charge is -2.18. The molecule has 1 aromatic heterocycles. The second-order valence-corrected chi connectivity index (χ2v) is 8.77. The number of hydrogen-bond acceptors (Lipinski definition) is 5. The lowest BCUT2D eigenvalue weighted by Crippen LogP contribution is -2.30. The molecule has 3 rings (SSSR count). The van der Waals surface area contributed by atoms with Crippen LogP contribution in [-0.2, 0) is 10.0 Å². The molecule has 0 bridgehead atoms. The molecule has 1 unspecified atom stereocenters. The number of nitrogens with one attached hydrogen (secondary N) is 1. The molecule has 8 heteroatoms. The van der Waals surface area contributed by atoms with Gasteiger partial charge >= 0.3 is 0 Å². The fourth-order valence-electron chi connectivity index (χ4n) is 3.27. The zero-order chi connectivity index (χ0) is 21.9. The molecular weight excluding hydrogens is 404 g/mol. The molecule has 30 heavy (non-hydrogen) atoms. The summed E-state index contributed by atoms with van der Waals surface area (Å²) < 4.78 is 37.7. The molecule has 1 amide bonds. The van der Waals surface area contributed by atoms with Crippen molar-refractivity contribution in [1.82, 2.24) is 9.62 Å². The highest BCUT2D eigenvalue weighted by Gasteiger charge is 2.22. The zero-order valence-electron chi connectivity index (χ0n) is 17.5. The van der Waals surface area contributed by atoms with Crippen molar-refractivity contribution in [2.45, 2.75) is 31.7 Å². The Morgan fingerprint density at radius 3 is 2.40 bits per heavy atom. The Bertz CT molecular complexity index is 1130. The second-order valence-electron chi connectivity index (χ2n) is 6.84. The van der Waals surface area contributed by atoms with Crippen molar-refractivity contribution in [2.24, 2.45) is 0 Å². The number of amides is 1. The Morgan fingerprint density at radius 2 is 1.80 bits per heavy atom. The van der Waals surface area contributed by atoms with Gasteiger partial charge in [0.2, 0.25) is 10.0 Å². The van der Waals surface area contributed by atoms with Crippen LogP contribution in [0, 0.1) is 0 Å². The second kappa shape index (κ2) is 8.89. The first-order valence-corrected chi connectivity index (χ1v) is 11.2. The minimum atomic E-state index is -3.56. The molecule has 3 aromatic rings. The number of furan rings is 1. The van der Waals surface area contributed by atoms with Crippen LogP contribution in [0.15, 0.2) is 57.8 Å². The SMILES string of the molecule is CCN(CC)S(=O)(=O)c1ccc(C(=O)NC(C)c2cc3cccc(OC)c3o2)cc1. The van der Waals surface area contributed by atoms with E-state index in [-0.39, 0.29) is 16.8 Å². The minimum Gasteiger partial charge on any atom is -0.493 e. The first kappa shape index (κ1) is 21.9. The van der Waals surface area contributed by atoms with E-state index < -0.39 is 10.0 Å². The van der Waals surface area contributed by atoms with Crippen molar-refractivity contribution in [1.29, 1.82) is 0 Å². The average molecular weight is 431 g/mol. The van der Waals surface area contributed by atoms with Crippen molar-refractivity contribution < 1.29 is 22.4 Å². The molecule has 1 N–H and O–H groups in total. The maximum absolute atomic E-state index is 12.6. The number of carbonyl (C=O) groups is 1. The van der Waals surface area contributed by atoms with Gasteiger partial charge in [-0.25, -0.2) is 8.42 Å². The summed E-state index contributed by atoms with van der Waals surface area (Å²) in [6.07, 6.45) is 0. The molecule has 1 atom stereocenters. The summed E-state index contributed by atoms with van der Waals surface area (Å²) in [6, 6.07) is 13.0. The van der Waals surface area contributed by atoms with E-state index in [1.807, 2.05) is 31.2 Å². The Hall–Kier alpha value is -2.84. The minimum absolute atomic E-state index is 0.167. The molecule has 0 spiro atoms. The third-order valence-electron chi connectivity index (χ3n) is 4.98. The molecule has 0 radical (unpaired) electrons. The number of para-hydroxylation sites is 1. The smallest absolute Gasteiger partial charge is 0.251 e. The van der Waals surface area contributed by atoms with E-state index in [1.165, 1.54) is 28.6 Å². The van der Waals surface area contributed by atoms with E-state index >= 15 is 0 Å². The number of ether oxygens (including phenoxy) is 1. The summed E-state index contributed by atoms with van der Waals surface area (Å²) in [6.45, 7) is 6.18. The van der Waals surface area contributed by atoms with Crippen LogP contribution in [0.25, 0.3) is 11.0 Å². The van der Waals surface area contributed by atoms with Crippen LogP contribution in [0.4, 0.5) is 0 Å². The highest BCUT2D eigenvalue weighted by atomic mass is 32.2. The first-order valence-electron chi connectivity index (χ1n) is 9.79. The molecule has 2 aromatic carbocycles. The number of fused-ring (bicyclic) bond motifs is 1. The Balaban J connectivity index is 1.76. The number of sulfonamides is 1. The molecule has 1 heterocycles. The van der Waals surface area contributed by atoms with Gasteiger partial charge in [0, 0.05) is 24.0 Å². The number of hydrogen-bond donors (Lipinski definition) is 1. The normalized spacial score (nSPS) is 12.8. The summed E-state index contributed by atoms with van der Waals surface area (Å²) in [4.78, 5) is 12.8. The Labute approximate surface area is 176 Å². The van der Waals surface area contributed by atoms with Crippen LogP contribution in [-0.4, -0.2) is 38.8 Å². The van der Waals surface area contributed by atoms with Crippen LogP contribution in [0.1, 0.15) is 42.9 Å². The summed E-state index contributed by atoms with van der Waals surface area (Å²) in [5, 5.41) is 3.77. The van der Waals surface area contributed by atoms with Crippen LogP contribution >= 0.6 is 0 Å². The monoisotopic (exact) mass is 430 g/mol. The quantitative estimate of drug-likeness (QED) is 0.584. The average Bonchev–Trinajstić information content (AvgIpc) is 3.19. The lowest BCUT2D eigenvalue weighted by atomic mass is 10.1. The van der Waals surface area contributed by atoms with Gasteiger partial charge in [-0.3, -0.25) is 4.79 Å². The van der Waals surface area contributed by atoms with Crippen LogP contribution in [0.3, 0.4) is 0 Å². The molecule has 0 aliphatic heterocycles.